The van der Waals surface area contributed by atoms with Gasteiger partial charge in [-0.05, 0) is 55.4 Å². The highest BCUT2D eigenvalue weighted by Gasteiger charge is 2.31. The number of benzene rings is 1. The zero-order valence-corrected chi connectivity index (χ0v) is 24.0. The van der Waals surface area contributed by atoms with Crippen LogP contribution in [-0.4, -0.2) is 64.1 Å². The summed E-state index contributed by atoms with van der Waals surface area (Å²) in [5.41, 5.74) is 3.22. The number of amides is 1. The van der Waals surface area contributed by atoms with Crippen LogP contribution in [-0.2, 0) is 17.6 Å². The molecule has 1 aromatic carbocycles. The van der Waals surface area contributed by atoms with Crippen LogP contribution in [0.25, 0.3) is 16.7 Å². The Hall–Kier alpha value is -3.39. The number of para-hydroxylation sites is 1. The van der Waals surface area contributed by atoms with Gasteiger partial charge in [0, 0.05) is 38.8 Å². The number of rotatable bonds is 6. The molecule has 0 spiro atoms. The second-order valence-electron chi connectivity index (χ2n) is 10.7. The van der Waals surface area contributed by atoms with Crippen LogP contribution in [0.5, 0.6) is 0 Å². The Morgan fingerprint density at radius 2 is 1.79 bits per heavy atom. The lowest BCUT2D eigenvalue weighted by Gasteiger charge is -2.40. The van der Waals surface area contributed by atoms with E-state index in [-0.39, 0.29) is 17.6 Å². The van der Waals surface area contributed by atoms with Crippen LogP contribution in [0.2, 0.25) is 5.02 Å². The molecule has 0 radical (unpaired) electrons. The van der Waals surface area contributed by atoms with Gasteiger partial charge in [0.1, 0.15) is 11.6 Å². The van der Waals surface area contributed by atoms with Gasteiger partial charge in [0.2, 0.25) is 5.91 Å². The zero-order chi connectivity index (χ0) is 27.8. The SMILES string of the molecule is C=CC(=O)N1CCN(c2nc(=O)n(-c3c(CC)cccc3CC)c3nc(N4CC[C@@H](C)C4)c(Cl)cc23)[C@@H](C)C1. The Bertz CT molecular complexity index is 1460. The molecule has 4 heterocycles. The highest BCUT2D eigenvalue weighted by molar-refractivity contribution is 6.33. The predicted octanol–water partition coefficient (Wildman–Crippen LogP) is 4.63. The molecule has 0 bridgehead atoms. The summed E-state index contributed by atoms with van der Waals surface area (Å²) >= 11 is 6.92. The fourth-order valence-corrected chi connectivity index (χ4v) is 6.24. The van der Waals surface area contributed by atoms with Crippen molar-refractivity contribution in [2.45, 2.75) is 53.0 Å². The van der Waals surface area contributed by atoms with Gasteiger partial charge in [-0.3, -0.25) is 4.79 Å². The third-order valence-electron chi connectivity index (χ3n) is 8.08. The summed E-state index contributed by atoms with van der Waals surface area (Å²) in [5.74, 6) is 1.73. The molecule has 8 nitrogen and oxygen atoms in total. The number of aromatic nitrogens is 3. The van der Waals surface area contributed by atoms with Gasteiger partial charge in [-0.1, -0.05) is 57.2 Å². The van der Waals surface area contributed by atoms with E-state index in [2.05, 4.69) is 54.3 Å². The predicted molar refractivity (Wildman–Crippen MR) is 158 cm³/mol. The molecule has 9 heteroatoms. The van der Waals surface area contributed by atoms with E-state index in [9.17, 15) is 9.59 Å². The summed E-state index contributed by atoms with van der Waals surface area (Å²) in [5, 5.41) is 1.29. The van der Waals surface area contributed by atoms with E-state index in [0.717, 1.165) is 54.6 Å². The average molecular weight is 549 g/mol. The van der Waals surface area contributed by atoms with E-state index in [4.69, 9.17) is 16.6 Å². The lowest BCUT2D eigenvalue weighted by molar-refractivity contribution is -0.126. The largest absolute Gasteiger partial charge is 0.355 e. The molecule has 2 aromatic heterocycles. The summed E-state index contributed by atoms with van der Waals surface area (Å²) in [7, 11) is 0. The fraction of sp³-hybridized carbons (Fsp3) is 0.467. The van der Waals surface area contributed by atoms with Crippen LogP contribution in [0.15, 0.2) is 41.7 Å². The second-order valence-corrected chi connectivity index (χ2v) is 11.1. The Morgan fingerprint density at radius 3 is 2.38 bits per heavy atom. The van der Waals surface area contributed by atoms with Crippen molar-refractivity contribution in [3.63, 3.8) is 0 Å². The summed E-state index contributed by atoms with van der Waals surface area (Å²) in [6, 6.07) is 8.05. The van der Waals surface area contributed by atoms with E-state index in [1.165, 1.54) is 6.08 Å². The van der Waals surface area contributed by atoms with E-state index in [1.54, 1.807) is 9.47 Å². The number of nitrogens with zero attached hydrogens (tertiary/aromatic N) is 6. The Labute approximate surface area is 234 Å². The van der Waals surface area contributed by atoms with Crippen LogP contribution in [0.3, 0.4) is 0 Å². The van der Waals surface area contributed by atoms with E-state index in [0.29, 0.717) is 47.9 Å². The van der Waals surface area contributed by atoms with Crippen molar-refractivity contribution in [3.8, 4) is 5.69 Å². The lowest BCUT2D eigenvalue weighted by atomic mass is 10.0. The Balaban J connectivity index is 1.75. The molecule has 2 saturated heterocycles. The number of carbonyl (C=O) groups excluding carboxylic acids is 1. The number of carbonyl (C=O) groups is 1. The molecular formula is C30H37ClN6O2. The minimum atomic E-state index is -0.361. The average Bonchev–Trinajstić information content (AvgIpc) is 3.37. The first-order chi connectivity index (χ1) is 18.8. The first-order valence-corrected chi connectivity index (χ1v) is 14.3. The maximum Gasteiger partial charge on any atom is 0.355 e. The van der Waals surface area contributed by atoms with Gasteiger partial charge >= 0.3 is 5.69 Å². The van der Waals surface area contributed by atoms with Crippen LogP contribution < -0.4 is 15.5 Å². The topological polar surface area (TPSA) is 74.6 Å². The maximum atomic E-state index is 14.0. The van der Waals surface area contributed by atoms with Crippen molar-refractivity contribution in [1.82, 2.24) is 19.4 Å². The van der Waals surface area contributed by atoms with Gasteiger partial charge in [0.25, 0.3) is 0 Å². The molecule has 0 aliphatic carbocycles. The third-order valence-corrected chi connectivity index (χ3v) is 8.36. The number of aryl methyl sites for hydroxylation is 2. The lowest BCUT2D eigenvalue weighted by Crippen LogP contribution is -2.54. The molecule has 2 atom stereocenters. The van der Waals surface area contributed by atoms with Crippen molar-refractivity contribution in [2.24, 2.45) is 5.92 Å². The third kappa shape index (κ3) is 4.91. The molecular weight excluding hydrogens is 512 g/mol. The molecule has 2 aliphatic rings. The van der Waals surface area contributed by atoms with Crippen molar-refractivity contribution in [1.29, 1.82) is 0 Å². The van der Waals surface area contributed by atoms with Gasteiger partial charge in [-0.2, -0.15) is 4.98 Å². The minimum Gasteiger partial charge on any atom is -0.355 e. The number of piperazine rings is 1. The molecule has 0 unspecified atom stereocenters. The number of hydrogen-bond acceptors (Lipinski definition) is 6. The number of anilines is 2. The molecule has 2 fully saturated rings. The molecule has 0 saturated carbocycles. The second kappa shape index (κ2) is 11.0. The highest BCUT2D eigenvalue weighted by atomic mass is 35.5. The number of hydrogen-bond donors (Lipinski definition) is 0. The summed E-state index contributed by atoms with van der Waals surface area (Å²) in [6.07, 6.45) is 3.98. The summed E-state index contributed by atoms with van der Waals surface area (Å²) in [6.45, 7) is 15.4. The number of halogens is 1. The van der Waals surface area contributed by atoms with Crippen molar-refractivity contribution in [2.75, 3.05) is 42.5 Å². The first-order valence-electron chi connectivity index (χ1n) is 13.9. The molecule has 3 aromatic rings. The van der Waals surface area contributed by atoms with Crippen LogP contribution in [0, 0.1) is 5.92 Å². The van der Waals surface area contributed by atoms with E-state index < -0.39 is 0 Å². The molecule has 5 rings (SSSR count). The van der Waals surface area contributed by atoms with Crippen LogP contribution in [0.1, 0.15) is 45.2 Å². The van der Waals surface area contributed by atoms with E-state index >= 15 is 0 Å². The smallest absolute Gasteiger partial charge is 0.355 e. The van der Waals surface area contributed by atoms with Crippen molar-refractivity contribution < 1.29 is 4.79 Å². The highest BCUT2D eigenvalue weighted by Crippen LogP contribution is 2.36. The fourth-order valence-electron chi connectivity index (χ4n) is 5.97. The molecule has 0 N–H and O–H groups in total. The summed E-state index contributed by atoms with van der Waals surface area (Å²) < 4.78 is 1.69. The minimum absolute atomic E-state index is 0.0550. The first kappa shape index (κ1) is 27.2. The Kier molecular flexibility index (Phi) is 7.67. The van der Waals surface area contributed by atoms with Gasteiger partial charge < -0.3 is 14.7 Å². The standard InChI is InChI=1S/C30H37ClN6O2/c1-6-21-10-9-11-22(7-2)26(21)37-28-23(16-24(31)29(32-28)35-13-12-19(4)17-35)27(33-30(37)39)36-15-14-34(18-20(36)5)25(38)8-3/h8-11,16,19-20H,3,6-7,12-15,17-18H2,1-2,4-5H3/t19-,20+/m1/s1. The molecule has 2 aliphatic heterocycles. The van der Waals surface area contributed by atoms with Crippen molar-refractivity contribution >= 4 is 40.2 Å². The summed E-state index contributed by atoms with van der Waals surface area (Å²) in [4.78, 5) is 42.1. The zero-order valence-electron chi connectivity index (χ0n) is 23.3. The van der Waals surface area contributed by atoms with Gasteiger partial charge in [0.15, 0.2) is 5.65 Å². The van der Waals surface area contributed by atoms with Gasteiger partial charge in [-0.25, -0.2) is 14.3 Å². The van der Waals surface area contributed by atoms with E-state index in [1.807, 2.05) is 19.1 Å². The maximum absolute atomic E-state index is 14.0. The molecule has 206 valence electrons. The molecule has 39 heavy (non-hydrogen) atoms. The van der Waals surface area contributed by atoms with Crippen LogP contribution >= 0.6 is 11.6 Å². The normalized spacial score (nSPS) is 19.7. The quantitative estimate of drug-likeness (QED) is 0.418. The number of fused-ring (bicyclic) bond motifs is 1. The van der Waals surface area contributed by atoms with Crippen LogP contribution in [0.4, 0.5) is 11.6 Å². The monoisotopic (exact) mass is 548 g/mol. The number of pyridine rings is 1. The van der Waals surface area contributed by atoms with Gasteiger partial charge in [0.05, 0.1) is 16.1 Å². The van der Waals surface area contributed by atoms with Gasteiger partial charge in [-0.15, -0.1) is 0 Å². The van der Waals surface area contributed by atoms with Crippen molar-refractivity contribution in [3.05, 3.63) is 63.6 Å². The Morgan fingerprint density at radius 1 is 1.08 bits per heavy atom. The molecule has 1 amide bonds.